The predicted octanol–water partition coefficient (Wildman–Crippen LogP) is 7.37. The van der Waals surface area contributed by atoms with Gasteiger partial charge in [0.25, 0.3) is 5.91 Å². The van der Waals surface area contributed by atoms with Gasteiger partial charge in [0.2, 0.25) is 0 Å². The highest BCUT2D eigenvalue weighted by atomic mass is 19.4. The fourth-order valence-corrected chi connectivity index (χ4v) is 4.29. The van der Waals surface area contributed by atoms with Crippen molar-refractivity contribution in [1.82, 2.24) is 4.57 Å². The third kappa shape index (κ3) is 6.14. The molecular weight excluding hydrogens is 453 g/mol. The third-order valence-electron chi connectivity index (χ3n) is 6.53. The van der Waals surface area contributed by atoms with E-state index in [0.717, 1.165) is 42.1 Å². The van der Waals surface area contributed by atoms with E-state index in [2.05, 4.69) is 5.32 Å². The molecule has 4 rings (SSSR count). The normalized spacial score (nSPS) is 14.7. The molecule has 1 N–H and O–H groups in total. The van der Waals surface area contributed by atoms with Crippen LogP contribution in [0.15, 0.2) is 60.7 Å². The number of hydrogen-bond acceptors (Lipinski definition) is 2. The molecule has 1 heterocycles. The van der Waals surface area contributed by atoms with Gasteiger partial charge in [0.15, 0.2) is 0 Å². The fourth-order valence-electron chi connectivity index (χ4n) is 4.29. The quantitative estimate of drug-likeness (QED) is 0.305. The molecule has 0 radical (unpaired) electrons. The second kappa shape index (κ2) is 10.7. The lowest BCUT2D eigenvalue weighted by Gasteiger charge is -2.20. The van der Waals surface area contributed by atoms with E-state index in [-0.39, 0.29) is 17.6 Å². The van der Waals surface area contributed by atoms with Gasteiger partial charge >= 0.3 is 6.18 Å². The summed E-state index contributed by atoms with van der Waals surface area (Å²) in [7, 11) is 0. The molecule has 0 aliphatic heterocycles. The van der Waals surface area contributed by atoms with Gasteiger partial charge in [-0.15, -0.1) is 0 Å². The molecule has 3 aromatic rings. The molecule has 1 amide bonds. The van der Waals surface area contributed by atoms with E-state index in [4.69, 9.17) is 4.74 Å². The Morgan fingerprint density at radius 2 is 1.86 bits per heavy atom. The summed E-state index contributed by atoms with van der Waals surface area (Å²) in [6.45, 7) is 4.98. The molecule has 1 fully saturated rings. The number of carbonyl (C=O) groups is 1. The minimum absolute atomic E-state index is 0.00904. The van der Waals surface area contributed by atoms with Crippen molar-refractivity contribution in [1.29, 1.82) is 0 Å². The van der Waals surface area contributed by atoms with Gasteiger partial charge in [0.05, 0.1) is 24.5 Å². The predicted molar refractivity (Wildman–Crippen MR) is 131 cm³/mol. The van der Waals surface area contributed by atoms with Crippen LogP contribution in [0.25, 0.3) is 0 Å². The van der Waals surface area contributed by atoms with Crippen LogP contribution in [-0.4, -0.2) is 17.1 Å². The summed E-state index contributed by atoms with van der Waals surface area (Å²) in [4.78, 5) is 13.2. The van der Waals surface area contributed by atoms with Crippen LogP contribution < -0.4 is 5.32 Å². The van der Waals surface area contributed by atoms with Crippen LogP contribution in [0.1, 0.15) is 77.9 Å². The number of nitrogens with one attached hydrogen (secondary N) is 1. The van der Waals surface area contributed by atoms with Crippen molar-refractivity contribution in [3.8, 4) is 0 Å². The Balaban J connectivity index is 1.51. The molecule has 1 saturated carbocycles. The fraction of sp³-hybridized carbons (Fsp3) is 0.393. The standard InChI is InChI=1S/C28H31F3N2O2/c1-3-19(2)33-23(15-16-35-18-20-7-5-4-6-8-20)12-14-26(33)27(34)32-25-17-22(21-9-10-21)11-13-24(25)28(29,30)31/h4-8,11-14,17,19,21H,3,9-10,15-16,18H2,1-2H3,(H,32,34)/t19-/m0/s1. The number of benzene rings is 2. The molecule has 0 unspecified atom stereocenters. The highest BCUT2D eigenvalue weighted by Gasteiger charge is 2.35. The van der Waals surface area contributed by atoms with Gasteiger partial charge in [-0.05, 0) is 67.5 Å². The number of carbonyl (C=O) groups excluding carboxylic acids is 1. The highest BCUT2D eigenvalue weighted by molar-refractivity contribution is 6.04. The maximum absolute atomic E-state index is 13.6. The van der Waals surface area contributed by atoms with E-state index in [0.29, 0.717) is 25.3 Å². The number of anilines is 1. The van der Waals surface area contributed by atoms with Gasteiger partial charge < -0.3 is 14.6 Å². The zero-order valence-electron chi connectivity index (χ0n) is 20.1. The monoisotopic (exact) mass is 484 g/mol. The van der Waals surface area contributed by atoms with Crippen LogP contribution >= 0.6 is 0 Å². The van der Waals surface area contributed by atoms with E-state index >= 15 is 0 Å². The lowest BCUT2D eigenvalue weighted by Crippen LogP contribution is -2.22. The van der Waals surface area contributed by atoms with Crippen LogP contribution in [0.3, 0.4) is 0 Å². The van der Waals surface area contributed by atoms with Crippen molar-refractivity contribution in [3.63, 3.8) is 0 Å². The first-order valence-electron chi connectivity index (χ1n) is 12.1. The minimum Gasteiger partial charge on any atom is -0.376 e. The Morgan fingerprint density at radius 1 is 1.11 bits per heavy atom. The van der Waals surface area contributed by atoms with Crippen LogP contribution in [0.5, 0.6) is 0 Å². The molecule has 1 aliphatic carbocycles. The third-order valence-corrected chi connectivity index (χ3v) is 6.53. The van der Waals surface area contributed by atoms with Gasteiger partial charge in [-0.1, -0.05) is 43.3 Å². The summed E-state index contributed by atoms with van der Waals surface area (Å²) < 4.78 is 48.7. The molecule has 1 atom stereocenters. The largest absolute Gasteiger partial charge is 0.418 e. The molecule has 35 heavy (non-hydrogen) atoms. The SMILES string of the molecule is CC[C@H](C)n1c(CCOCc2ccccc2)ccc1C(=O)Nc1cc(C2CC2)ccc1C(F)(F)F. The first kappa shape index (κ1) is 25.0. The van der Waals surface area contributed by atoms with Gasteiger partial charge in [0.1, 0.15) is 5.69 Å². The lowest BCUT2D eigenvalue weighted by molar-refractivity contribution is -0.136. The Bertz CT molecular complexity index is 1150. The molecule has 0 spiro atoms. The molecule has 1 aliphatic rings. The Kier molecular flexibility index (Phi) is 7.65. The van der Waals surface area contributed by atoms with Crippen LogP contribution in [0.2, 0.25) is 0 Å². The van der Waals surface area contributed by atoms with Crippen molar-refractivity contribution in [2.24, 2.45) is 0 Å². The zero-order chi connectivity index (χ0) is 25.0. The maximum atomic E-state index is 13.6. The number of nitrogens with zero attached hydrogens (tertiary/aromatic N) is 1. The number of alkyl halides is 3. The number of ether oxygens (including phenoxy) is 1. The van der Waals surface area contributed by atoms with Crippen molar-refractivity contribution in [2.45, 2.75) is 64.3 Å². The Morgan fingerprint density at radius 3 is 2.51 bits per heavy atom. The van der Waals surface area contributed by atoms with Gasteiger partial charge in [0, 0.05) is 18.2 Å². The lowest BCUT2D eigenvalue weighted by atomic mass is 10.0. The summed E-state index contributed by atoms with van der Waals surface area (Å²) in [5.41, 5.74) is 2.17. The summed E-state index contributed by atoms with van der Waals surface area (Å²) in [5.74, 6) is -0.264. The molecular formula is C28H31F3N2O2. The molecule has 4 nitrogen and oxygen atoms in total. The maximum Gasteiger partial charge on any atom is 0.418 e. The number of hydrogen-bond donors (Lipinski definition) is 1. The topological polar surface area (TPSA) is 43.3 Å². The van der Waals surface area contributed by atoms with E-state index in [9.17, 15) is 18.0 Å². The second-order valence-electron chi connectivity index (χ2n) is 9.16. The van der Waals surface area contributed by atoms with Crippen molar-refractivity contribution in [2.75, 3.05) is 11.9 Å². The van der Waals surface area contributed by atoms with Crippen molar-refractivity contribution in [3.05, 3.63) is 88.7 Å². The number of aromatic nitrogens is 1. The number of halogens is 3. The minimum atomic E-state index is -4.55. The molecule has 1 aromatic heterocycles. The van der Waals surface area contributed by atoms with E-state index in [1.54, 1.807) is 6.07 Å². The average Bonchev–Trinajstić information content (AvgIpc) is 3.60. The van der Waals surface area contributed by atoms with Crippen LogP contribution in [0.4, 0.5) is 18.9 Å². The molecule has 186 valence electrons. The van der Waals surface area contributed by atoms with E-state index < -0.39 is 17.6 Å². The van der Waals surface area contributed by atoms with Crippen molar-refractivity contribution < 1.29 is 22.7 Å². The zero-order valence-corrected chi connectivity index (χ0v) is 20.1. The van der Waals surface area contributed by atoms with Gasteiger partial charge in [-0.25, -0.2) is 0 Å². The second-order valence-corrected chi connectivity index (χ2v) is 9.16. The summed E-state index contributed by atoms with van der Waals surface area (Å²) in [6, 6.07) is 17.5. The van der Waals surface area contributed by atoms with Crippen LogP contribution in [0, 0.1) is 0 Å². The summed E-state index contributed by atoms with van der Waals surface area (Å²) in [6.07, 6.45) is -1.26. The summed E-state index contributed by atoms with van der Waals surface area (Å²) in [5, 5.41) is 2.57. The number of rotatable bonds is 10. The Hall–Kier alpha value is -3.06. The first-order chi connectivity index (χ1) is 16.8. The smallest absolute Gasteiger partial charge is 0.376 e. The van der Waals surface area contributed by atoms with Crippen molar-refractivity contribution >= 4 is 11.6 Å². The van der Waals surface area contributed by atoms with Crippen LogP contribution in [-0.2, 0) is 23.9 Å². The molecule has 7 heteroatoms. The first-order valence-corrected chi connectivity index (χ1v) is 12.1. The van der Waals surface area contributed by atoms with Gasteiger partial charge in [-0.3, -0.25) is 4.79 Å². The Labute approximate surface area is 204 Å². The average molecular weight is 485 g/mol. The number of amides is 1. The molecule has 2 aromatic carbocycles. The van der Waals surface area contributed by atoms with Gasteiger partial charge in [-0.2, -0.15) is 13.2 Å². The van der Waals surface area contributed by atoms with E-state index in [1.165, 1.54) is 12.1 Å². The molecule has 0 saturated heterocycles. The highest BCUT2D eigenvalue weighted by Crippen LogP contribution is 2.43. The van der Waals surface area contributed by atoms with E-state index in [1.807, 2.05) is 54.8 Å². The molecule has 0 bridgehead atoms. The summed E-state index contributed by atoms with van der Waals surface area (Å²) >= 11 is 0.